The molecule has 1 aromatic carbocycles. The summed E-state index contributed by atoms with van der Waals surface area (Å²) in [5.41, 5.74) is 2.25. The third-order valence-electron chi connectivity index (χ3n) is 3.02. The quantitative estimate of drug-likeness (QED) is 0.895. The molecule has 0 unspecified atom stereocenters. The first kappa shape index (κ1) is 13.0. The van der Waals surface area contributed by atoms with E-state index in [2.05, 4.69) is 5.32 Å². The lowest BCUT2D eigenvalue weighted by molar-refractivity contribution is -0.133. The fourth-order valence-electron chi connectivity index (χ4n) is 1.98. The monoisotopic (exact) mass is 264 g/mol. The molecule has 0 aromatic heterocycles. The first-order chi connectivity index (χ1) is 8.63. The lowest BCUT2D eigenvalue weighted by Gasteiger charge is -2.24. The highest BCUT2D eigenvalue weighted by molar-refractivity contribution is 8.00. The zero-order chi connectivity index (χ0) is 13.1. The maximum Gasteiger partial charge on any atom is 0.239 e. The number of benzene rings is 1. The zero-order valence-corrected chi connectivity index (χ0v) is 11.3. The molecule has 0 radical (unpaired) electrons. The number of hydrogen-bond donors (Lipinski definition) is 1. The van der Waals surface area contributed by atoms with Gasteiger partial charge in [-0.3, -0.25) is 9.59 Å². The Morgan fingerprint density at radius 1 is 1.50 bits per heavy atom. The van der Waals surface area contributed by atoms with Gasteiger partial charge in [0.25, 0.3) is 0 Å². The van der Waals surface area contributed by atoms with Gasteiger partial charge in [0, 0.05) is 7.05 Å². The summed E-state index contributed by atoms with van der Waals surface area (Å²) in [6.45, 7) is 2.15. The van der Waals surface area contributed by atoms with Crippen molar-refractivity contribution < 1.29 is 9.59 Å². The maximum absolute atomic E-state index is 11.8. The van der Waals surface area contributed by atoms with Crippen molar-refractivity contribution in [2.45, 2.75) is 12.3 Å². The fourth-order valence-corrected chi connectivity index (χ4v) is 3.26. The molecule has 0 aliphatic carbocycles. The van der Waals surface area contributed by atoms with Gasteiger partial charge in [-0.25, -0.2) is 0 Å². The summed E-state index contributed by atoms with van der Waals surface area (Å²) in [6, 6.07) is 7.98. The Morgan fingerprint density at radius 3 is 2.89 bits per heavy atom. The second kappa shape index (κ2) is 5.44. The van der Waals surface area contributed by atoms with Crippen LogP contribution in [0.3, 0.4) is 0 Å². The number of amides is 2. The summed E-state index contributed by atoms with van der Waals surface area (Å²) < 4.78 is 0. The van der Waals surface area contributed by atoms with E-state index < -0.39 is 0 Å². The molecule has 1 N–H and O–H groups in total. The van der Waals surface area contributed by atoms with Crippen molar-refractivity contribution >= 4 is 23.6 Å². The SMILES string of the molecule is CNC(=O)CN1C(=O)CS[C@@H]1c1ccccc1C. The van der Waals surface area contributed by atoms with E-state index in [1.165, 1.54) is 0 Å². The van der Waals surface area contributed by atoms with Crippen LogP contribution < -0.4 is 5.32 Å². The minimum Gasteiger partial charge on any atom is -0.358 e. The van der Waals surface area contributed by atoms with Crippen molar-refractivity contribution in [1.29, 1.82) is 0 Å². The van der Waals surface area contributed by atoms with Gasteiger partial charge >= 0.3 is 0 Å². The van der Waals surface area contributed by atoms with Crippen LogP contribution in [0.4, 0.5) is 0 Å². The number of aryl methyl sites for hydroxylation is 1. The standard InChI is InChI=1S/C13H16N2O2S/c1-9-5-3-4-6-10(9)13-15(7-11(16)14-2)12(17)8-18-13/h3-6,13H,7-8H2,1-2H3,(H,14,16)/t13-/m1/s1. The van der Waals surface area contributed by atoms with Crippen molar-refractivity contribution in [1.82, 2.24) is 10.2 Å². The number of carbonyl (C=O) groups is 2. The Balaban J connectivity index is 2.24. The average Bonchev–Trinajstić information content (AvgIpc) is 2.72. The molecule has 1 fully saturated rings. The molecule has 1 aromatic rings. The molecule has 5 heteroatoms. The van der Waals surface area contributed by atoms with Crippen LogP contribution in [0.25, 0.3) is 0 Å². The summed E-state index contributed by atoms with van der Waals surface area (Å²) >= 11 is 1.57. The van der Waals surface area contributed by atoms with Crippen LogP contribution >= 0.6 is 11.8 Å². The van der Waals surface area contributed by atoms with Gasteiger partial charge in [0.1, 0.15) is 11.9 Å². The zero-order valence-electron chi connectivity index (χ0n) is 10.5. The van der Waals surface area contributed by atoms with Crippen LogP contribution in [-0.4, -0.2) is 36.1 Å². The number of likely N-dealkylation sites (N-methyl/N-ethyl adjacent to an activating group) is 1. The van der Waals surface area contributed by atoms with E-state index >= 15 is 0 Å². The van der Waals surface area contributed by atoms with Crippen LogP contribution in [0.1, 0.15) is 16.5 Å². The predicted molar refractivity (Wildman–Crippen MR) is 72.2 cm³/mol. The number of nitrogens with one attached hydrogen (secondary N) is 1. The van der Waals surface area contributed by atoms with Gasteiger partial charge < -0.3 is 10.2 Å². The summed E-state index contributed by atoms with van der Waals surface area (Å²) in [5, 5.41) is 2.51. The van der Waals surface area contributed by atoms with Crippen LogP contribution in [0.15, 0.2) is 24.3 Å². The van der Waals surface area contributed by atoms with Gasteiger partial charge in [-0.2, -0.15) is 0 Å². The van der Waals surface area contributed by atoms with Crippen LogP contribution in [0.2, 0.25) is 0 Å². The lowest BCUT2D eigenvalue weighted by Crippen LogP contribution is -2.38. The Kier molecular flexibility index (Phi) is 3.91. The third-order valence-corrected chi connectivity index (χ3v) is 4.25. The first-order valence-electron chi connectivity index (χ1n) is 5.80. The molecule has 0 bridgehead atoms. The molecule has 96 valence electrons. The van der Waals surface area contributed by atoms with Crippen molar-refractivity contribution in [2.75, 3.05) is 19.3 Å². The van der Waals surface area contributed by atoms with Gasteiger partial charge in [0.05, 0.1) is 5.75 Å². The van der Waals surface area contributed by atoms with Gasteiger partial charge in [-0.15, -0.1) is 11.8 Å². The topological polar surface area (TPSA) is 49.4 Å². The van der Waals surface area contributed by atoms with Crippen molar-refractivity contribution in [3.05, 3.63) is 35.4 Å². The predicted octanol–water partition coefficient (Wildman–Crippen LogP) is 1.32. The molecule has 2 rings (SSSR count). The molecule has 1 saturated heterocycles. The molecule has 1 atom stereocenters. The van der Waals surface area contributed by atoms with E-state index in [4.69, 9.17) is 0 Å². The first-order valence-corrected chi connectivity index (χ1v) is 6.85. The van der Waals surface area contributed by atoms with Gasteiger partial charge in [0.2, 0.25) is 11.8 Å². The lowest BCUT2D eigenvalue weighted by atomic mass is 10.1. The average molecular weight is 264 g/mol. The van der Waals surface area contributed by atoms with Crippen LogP contribution in [0, 0.1) is 6.92 Å². The number of hydrogen-bond acceptors (Lipinski definition) is 3. The molecule has 1 heterocycles. The highest BCUT2D eigenvalue weighted by Crippen LogP contribution is 2.39. The maximum atomic E-state index is 11.8. The molecular formula is C13H16N2O2S. The summed E-state index contributed by atoms with van der Waals surface area (Å²) in [6.07, 6.45) is 0. The summed E-state index contributed by atoms with van der Waals surface area (Å²) in [7, 11) is 1.58. The fraction of sp³-hybridized carbons (Fsp3) is 0.385. The number of rotatable bonds is 3. The highest BCUT2D eigenvalue weighted by atomic mass is 32.2. The van der Waals surface area contributed by atoms with Gasteiger partial charge in [-0.05, 0) is 18.1 Å². The Hall–Kier alpha value is -1.49. The molecule has 1 aliphatic heterocycles. The van der Waals surface area contributed by atoms with E-state index in [-0.39, 0.29) is 23.7 Å². The van der Waals surface area contributed by atoms with E-state index in [1.54, 1.807) is 23.7 Å². The smallest absolute Gasteiger partial charge is 0.239 e. The van der Waals surface area contributed by atoms with E-state index in [1.807, 2.05) is 31.2 Å². The molecular weight excluding hydrogens is 248 g/mol. The van der Waals surface area contributed by atoms with Crippen LogP contribution in [0.5, 0.6) is 0 Å². The molecule has 0 spiro atoms. The van der Waals surface area contributed by atoms with E-state index in [9.17, 15) is 9.59 Å². The molecule has 2 amide bonds. The van der Waals surface area contributed by atoms with Gasteiger partial charge in [0.15, 0.2) is 0 Å². The summed E-state index contributed by atoms with van der Waals surface area (Å²) in [5.74, 6) is 0.331. The number of nitrogens with zero attached hydrogens (tertiary/aromatic N) is 1. The Morgan fingerprint density at radius 2 is 2.22 bits per heavy atom. The highest BCUT2D eigenvalue weighted by Gasteiger charge is 2.34. The minimum absolute atomic E-state index is 0.0249. The Bertz CT molecular complexity index is 476. The van der Waals surface area contributed by atoms with Crippen LogP contribution in [-0.2, 0) is 9.59 Å². The molecule has 18 heavy (non-hydrogen) atoms. The van der Waals surface area contributed by atoms with Crippen molar-refractivity contribution in [3.8, 4) is 0 Å². The minimum atomic E-state index is -0.135. The van der Waals surface area contributed by atoms with Crippen molar-refractivity contribution in [3.63, 3.8) is 0 Å². The van der Waals surface area contributed by atoms with E-state index in [0.29, 0.717) is 5.75 Å². The molecule has 1 aliphatic rings. The normalized spacial score (nSPS) is 19.1. The van der Waals surface area contributed by atoms with Gasteiger partial charge in [-0.1, -0.05) is 24.3 Å². The Labute approximate surface area is 111 Å². The number of carbonyl (C=O) groups excluding carboxylic acids is 2. The molecule has 4 nitrogen and oxygen atoms in total. The summed E-state index contributed by atoms with van der Waals surface area (Å²) in [4.78, 5) is 25.0. The third kappa shape index (κ3) is 2.51. The number of thioether (sulfide) groups is 1. The van der Waals surface area contributed by atoms with Crippen molar-refractivity contribution in [2.24, 2.45) is 0 Å². The second-order valence-electron chi connectivity index (χ2n) is 4.21. The second-order valence-corrected chi connectivity index (χ2v) is 5.28. The van der Waals surface area contributed by atoms with E-state index in [0.717, 1.165) is 11.1 Å². The largest absolute Gasteiger partial charge is 0.358 e. The molecule has 0 saturated carbocycles.